The van der Waals surface area contributed by atoms with Gasteiger partial charge in [0, 0.05) is 22.0 Å². The molecule has 2 aromatic carbocycles. The van der Waals surface area contributed by atoms with Crippen molar-refractivity contribution in [2.45, 2.75) is 19.9 Å². The number of aldehydes is 1. The van der Waals surface area contributed by atoms with Gasteiger partial charge >= 0.3 is 0 Å². The minimum absolute atomic E-state index is 0.118. The average molecular weight is 401 g/mol. The topological polar surface area (TPSA) is 59.1 Å². The van der Waals surface area contributed by atoms with E-state index < -0.39 is 0 Å². The minimum Gasteiger partial charge on any atom is -0.346 e. The van der Waals surface area contributed by atoms with E-state index in [-0.39, 0.29) is 11.9 Å². The average Bonchev–Trinajstić information content (AvgIpc) is 3.22. The van der Waals surface area contributed by atoms with Crippen LogP contribution in [-0.2, 0) is 0 Å². The molecule has 0 spiro atoms. The Morgan fingerprint density at radius 2 is 1.97 bits per heavy atom. The number of carbonyl (C=O) groups excluding carboxylic acids is 2. The maximum absolute atomic E-state index is 12.9. The number of carbonyl (C=O) groups is 2. The van der Waals surface area contributed by atoms with Crippen molar-refractivity contribution in [2.75, 3.05) is 0 Å². The summed E-state index contributed by atoms with van der Waals surface area (Å²) in [5.74, 6) is -0.118. The van der Waals surface area contributed by atoms with Crippen LogP contribution in [0.5, 0.6) is 0 Å². The number of aryl methyl sites for hydroxylation is 1. The summed E-state index contributed by atoms with van der Waals surface area (Å²) in [7, 11) is 0. The first kappa shape index (κ1) is 19.0. The molecular formula is C24H20N2O2S. The van der Waals surface area contributed by atoms with Crippen LogP contribution >= 0.6 is 11.3 Å². The summed E-state index contributed by atoms with van der Waals surface area (Å²) >= 11 is 1.46. The van der Waals surface area contributed by atoms with Crippen molar-refractivity contribution >= 4 is 34.4 Å². The van der Waals surface area contributed by atoms with E-state index in [0.717, 1.165) is 38.8 Å². The van der Waals surface area contributed by atoms with Gasteiger partial charge in [-0.2, -0.15) is 0 Å². The van der Waals surface area contributed by atoms with Crippen molar-refractivity contribution in [2.24, 2.45) is 0 Å². The van der Waals surface area contributed by atoms with Gasteiger partial charge in [-0.1, -0.05) is 24.3 Å². The fraction of sp³-hybridized carbons (Fsp3) is 0.125. The molecule has 0 radical (unpaired) electrons. The van der Waals surface area contributed by atoms with Crippen LogP contribution in [0, 0.1) is 6.92 Å². The molecule has 0 aliphatic rings. The maximum atomic E-state index is 12.9. The van der Waals surface area contributed by atoms with Crippen LogP contribution in [0.1, 0.15) is 44.1 Å². The van der Waals surface area contributed by atoms with Gasteiger partial charge in [0.2, 0.25) is 0 Å². The zero-order valence-corrected chi connectivity index (χ0v) is 17.0. The molecule has 144 valence electrons. The van der Waals surface area contributed by atoms with Gasteiger partial charge in [0.25, 0.3) is 5.91 Å². The van der Waals surface area contributed by atoms with Gasteiger partial charge in [0.05, 0.1) is 16.4 Å². The predicted molar refractivity (Wildman–Crippen MR) is 118 cm³/mol. The zero-order valence-electron chi connectivity index (χ0n) is 16.2. The van der Waals surface area contributed by atoms with E-state index >= 15 is 0 Å². The second-order valence-electron chi connectivity index (χ2n) is 7.00. The number of benzene rings is 2. The van der Waals surface area contributed by atoms with Crippen LogP contribution < -0.4 is 5.32 Å². The van der Waals surface area contributed by atoms with Crippen LogP contribution in [0.4, 0.5) is 0 Å². The highest BCUT2D eigenvalue weighted by molar-refractivity contribution is 7.17. The summed E-state index contributed by atoms with van der Waals surface area (Å²) in [6.07, 6.45) is 2.59. The fourth-order valence-corrected chi connectivity index (χ4v) is 4.19. The number of nitrogens with one attached hydrogen (secondary N) is 1. The second-order valence-corrected chi connectivity index (χ2v) is 8.12. The van der Waals surface area contributed by atoms with Crippen molar-refractivity contribution in [3.8, 4) is 10.4 Å². The monoisotopic (exact) mass is 400 g/mol. The lowest BCUT2D eigenvalue weighted by molar-refractivity contribution is 0.0939. The van der Waals surface area contributed by atoms with E-state index in [2.05, 4.69) is 16.4 Å². The van der Waals surface area contributed by atoms with Crippen LogP contribution in [0.15, 0.2) is 66.9 Å². The molecule has 1 unspecified atom stereocenters. The van der Waals surface area contributed by atoms with Crippen LogP contribution in [0.3, 0.4) is 0 Å². The Kier molecular flexibility index (Phi) is 5.23. The normalized spacial score (nSPS) is 11.9. The molecule has 2 aromatic heterocycles. The van der Waals surface area contributed by atoms with Gasteiger partial charge < -0.3 is 5.32 Å². The smallest absolute Gasteiger partial charge is 0.252 e. The molecule has 4 aromatic rings. The lowest BCUT2D eigenvalue weighted by Gasteiger charge is -2.16. The lowest BCUT2D eigenvalue weighted by atomic mass is 10.0. The Morgan fingerprint density at radius 3 is 2.76 bits per heavy atom. The van der Waals surface area contributed by atoms with Crippen LogP contribution in [0.2, 0.25) is 0 Å². The van der Waals surface area contributed by atoms with E-state index in [4.69, 9.17) is 0 Å². The van der Waals surface area contributed by atoms with Gasteiger partial charge in [0.1, 0.15) is 0 Å². The van der Waals surface area contributed by atoms with Crippen molar-refractivity contribution in [3.63, 3.8) is 0 Å². The summed E-state index contributed by atoms with van der Waals surface area (Å²) in [4.78, 5) is 30.0. The van der Waals surface area contributed by atoms with Crippen molar-refractivity contribution < 1.29 is 9.59 Å². The zero-order chi connectivity index (χ0) is 20.4. The molecule has 1 N–H and O–H groups in total. The largest absolute Gasteiger partial charge is 0.346 e. The number of nitrogens with zero attached hydrogens (tertiary/aromatic N) is 1. The van der Waals surface area contributed by atoms with Gasteiger partial charge in [-0.3, -0.25) is 14.6 Å². The molecule has 0 fully saturated rings. The quantitative estimate of drug-likeness (QED) is 0.445. The highest BCUT2D eigenvalue weighted by atomic mass is 32.1. The van der Waals surface area contributed by atoms with Gasteiger partial charge in [-0.05, 0) is 66.9 Å². The molecule has 1 amide bonds. The number of aromatic nitrogens is 1. The number of hydrogen-bond acceptors (Lipinski definition) is 4. The molecule has 29 heavy (non-hydrogen) atoms. The molecule has 0 saturated carbocycles. The Morgan fingerprint density at radius 1 is 1.10 bits per heavy atom. The van der Waals surface area contributed by atoms with Crippen molar-refractivity contribution in [3.05, 3.63) is 88.4 Å². The van der Waals surface area contributed by atoms with E-state index in [0.29, 0.717) is 10.4 Å². The number of hydrogen-bond donors (Lipinski definition) is 1. The Bertz CT molecular complexity index is 1210. The molecule has 0 aliphatic heterocycles. The summed E-state index contributed by atoms with van der Waals surface area (Å²) in [5.41, 5.74) is 4.40. The number of thiophene rings is 1. The van der Waals surface area contributed by atoms with E-state index in [1.165, 1.54) is 11.3 Å². The number of amides is 1. The molecule has 1 atom stereocenters. The standard InChI is InChI=1S/C24H20N2O2S/c1-15-11-18-7-4-10-25-22(18)13-21(15)24(28)26-16(2)17-5-3-6-19(12-17)23-9-8-20(14-27)29-23/h3-14,16H,1-2H3,(H,26,28). The minimum atomic E-state index is -0.160. The molecule has 0 saturated heterocycles. The van der Waals surface area contributed by atoms with E-state index in [9.17, 15) is 9.59 Å². The number of fused-ring (bicyclic) bond motifs is 1. The number of pyridine rings is 1. The van der Waals surface area contributed by atoms with E-state index in [1.54, 1.807) is 6.20 Å². The first-order valence-corrected chi connectivity index (χ1v) is 10.2. The Labute approximate surface area is 173 Å². The van der Waals surface area contributed by atoms with Crippen LogP contribution in [-0.4, -0.2) is 17.2 Å². The molecular weight excluding hydrogens is 380 g/mol. The molecule has 0 aliphatic carbocycles. The van der Waals surface area contributed by atoms with Gasteiger partial charge in [-0.15, -0.1) is 11.3 Å². The number of rotatable bonds is 5. The third kappa shape index (κ3) is 3.96. The molecule has 4 nitrogen and oxygen atoms in total. The summed E-state index contributed by atoms with van der Waals surface area (Å²) < 4.78 is 0. The van der Waals surface area contributed by atoms with Gasteiger partial charge in [-0.25, -0.2) is 0 Å². The van der Waals surface area contributed by atoms with Crippen molar-refractivity contribution in [1.82, 2.24) is 10.3 Å². The molecule has 2 heterocycles. The van der Waals surface area contributed by atoms with Crippen molar-refractivity contribution in [1.29, 1.82) is 0 Å². The molecule has 5 heteroatoms. The summed E-state index contributed by atoms with van der Waals surface area (Å²) in [6.45, 7) is 3.91. The summed E-state index contributed by atoms with van der Waals surface area (Å²) in [5, 5.41) is 4.11. The maximum Gasteiger partial charge on any atom is 0.252 e. The molecule has 0 bridgehead atoms. The highest BCUT2D eigenvalue weighted by Gasteiger charge is 2.15. The fourth-order valence-electron chi connectivity index (χ4n) is 3.37. The first-order valence-electron chi connectivity index (χ1n) is 9.37. The first-order chi connectivity index (χ1) is 14.0. The third-order valence-electron chi connectivity index (χ3n) is 4.96. The Hall–Kier alpha value is -3.31. The molecule has 4 rings (SSSR count). The predicted octanol–water partition coefficient (Wildman–Crippen LogP) is 5.58. The highest BCUT2D eigenvalue weighted by Crippen LogP contribution is 2.29. The van der Waals surface area contributed by atoms with Gasteiger partial charge in [0.15, 0.2) is 6.29 Å². The Balaban J connectivity index is 1.57. The SMILES string of the molecule is Cc1cc2cccnc2cc1C(=O)NC(C)c1cccc(-c2ccc(C=O)s2)c1. The van der Waals surface area contributed by atoms with E-state index in [1.807, 2.05) is 68.4 Å². The van der Waals surface area contributed by atoms with Crippen LogP contribution in [0.25, 0.3) is 21.3 Å². The summed E-state index contributed by atoms with van der Waals surface area (Å²) in [6, 6.07) is 19.4. The third-order valence-corrected chi connectivity index (χ3v) is 6.02. The lowest BCUT2D eigenvalue weighted by Crippen LogP contribution is -2.27. The second kappa shape index (κ2) is 7.97.